The topological polar surface area (TPSA) is 68.3 Å². The summed E-state index contributed by atoms with van der Waals surface area (Å²) in [4.78, 5) is 0. The minimum absolute atomic E-state index is 0. The average Bonchev–Trinajstić information content (AvgIpc) is 0.722. The molecule has 0 aliphatic heterocycles. The fourth-order valence-corrected chi connectivity index (χ4v) is 0. The van der Waals surface area contributed by atoms with Crippen molar-refractivity contribution < 1.29 is 28.9 Å². The van der Waals surface area contributed by atoms with Crippen molar-refractivity contribution >= 4 is 59.1 Å². The van der Waals surface area contributed by atoms with E-state index in [2.05, 4.69) is 0 Å². The number of hydrogen-bond donors (Lipinski definition) is 0. The van der Waals surface area contributed by atoms with E-state index < -0.39 is 14.6 Å². The van der Waals surface area contributed by atoms with Gasteiger partial charge < -0.3 is 0 Å². The quantitative estimate of drug-likeness (QED) is 0.446. The molecule has 0 rings (SSSR count). The van der Waals surface area contributed by atoms with Crippen LogP contribution >= 0.6 is 0 Å². The maximum atomic E-state index is 8.61. The van der Waals surface area contributed by atoms with Crippen molar-refractivity contribution in [2.24, 2.45) is 0 Å². The molecule has 0 N–H and O–H groups in total. The van der Waals surface area contributed by atoms with Gasteiger partial charge in [0.25, 0.3) is 0 Å². The summed E-state index contributed by atoms with van der Waals surface area (Å²) in [5, 5.41) is 0. The molecule has 36 valence electrons. The van der Waals surface area contributed by atoms with Crippen LogP contribution in [0.2, 0.25) is 0 Å². The van der Waals surface area contributed by atoms with Gasteiger partial charge in [-0.05, 0) is 0 Å². The molecule has 0 saturated carbocycles. The van der Waals surface area contributed by atoms with Crippen molar-refractivity contribution in [1.82, 2.24) is 0 Å². The summed E-state index contributed by atoms with van der Waals surface area (Å²) in [7, 11) is 0. The molecule has 0 atom stereocenters. The second kappa shape index (κ2) is 5.95. The van der Waals surface area contributed by atoms with Crippen LogP contribution in [0.15, 0.2) is 0 Å². The Labute approximate surface area is 86.5 Å². The Balaban J connectivity index is -0.0000000800. The van der Waals surface area contributed by atoms with Gasteiger partial charge in [-0.3, -0.25) is 0 Å². The first kappa shape index (κ1) is 15.9. The van der Waals surface area contributed by atoms with E-state index in [0.29, 0.717) is 0 Å². The molecule has 0 saturated heterocycles. The van der Waals surface area contributed by atoms with Crippen LogP contribution in [0.5, 0.6) is 0 Å². The predicted octanol–water partition coefficient (Wildman–Crippen LogP) is -1.77. The zero-order valence-corrected chi connectivity index (χ0v) is 3.72. The summed E-state index contributed by atoms with van der Waals surface area (Å²) in [5.74, 6) is 0. The summed E-state index contributed by atoms with van der Waals surface area (Å²) in [6.45, 7) is 0. The Hall–Kier alpha value is 1.82. The van der Waals surface area contributed by atoms with Crippen LogP contribution in [-0.4, -0.2) is 59.1 Å². The Morgan fingerprint density at radius 2 is 0.714 bits per heavy atom. The van der Waals surface area contributed by atoms with Gasteiger partial charge in [0.2, 0.25) is 0 Å². The molecule has 0 aliphatic carbocycles. The van der Waals surface area contributed by atoms with Gasteiger partial charge in [-0.15, -0.1) is 0 Å². The third-order valence-electron chi connectivity index (χ3n) is 0. The van der Waals surface area contributed by atoms with E-state index in [-0.39, 0.29) is 59.1 Å². The van der Waals surface area contributed by atoms with Crippen LogP contribution in [-0.2, 0) is 28.9 Å². The summed E-state index contributed by atoms with van der Waals surface area (Å²) >= 11 is -5.86. The van der Waals surface area contributed by atoms with Gasteiger partial charge >= 0.3 is 88.0 Å². The van der Waals surface area contributed by atoms with Crippen molar-refractivity contribution in [3.63, 3.8) is 0 Å². The number of hydrogen-bond acceptors (Lipinski definition) is 4. The molecule has 4 nitrogen and oxygen atoms in total. The molecule has 0 fully saturated rings. The zero-order chi connectivity index (χ0) is 4.50. The van der Waals surface area contributed by atoms with Gasteiger partial charge in [0, 0.05) is 0 Å². The van der Waals surface area contributed by atoms with Crippen molar-refractivity contribution in [1.29, 1.82) is 0 Å². The van der Waals surface area contributed by atoms with Crippen LogP contribution in [0.3, 0.4) is 0 Å². The van der Waals surface area contributed by atoms with E-state index in [1.807, 2.05) is 0 Å². The average molecular weight is 213 g/mol. The van der Waals surface area contributed by atoms with Gasteiger partial charge in [0.1, 0.15) is 0 Å². The fraction of sp³-hybridized carbons (Fsp3) is 0. The van der Waals surface area contributed by atoms with Crippen molar-refractivity contribution in [3.8, 4) is 0 Å². The predicted molar refractivity (Wildman–Crippen MR) is 17.0 cm³/mol. The maximum absolute atomic E-state index is 8.61. The van der Waals surface area contributed by atoms with Gasteiger partial charge in [-0.2, -0.15) is 0 Å². The second-order valence-electron chi connectivity index (χ2n) is 0.354. The molecular weight excluding hydrogens is 211 g/mol. The molecule has 7 heteroatoms. The van der Waals surface area contributed by atoms with Crippen LogP contribution in [0.25, 0.3) is 0 Å². The summed E-state index contributed by atoms with van der Waals surface area (Å²) in [6, 6.07) is 0. The molecule has 0 heterocycles. The molecule has 0 aromatic heterocycles. The Morgan fingerprint density at radius 3 is 0.714 bits per heavy atom. The van der Waals surface area contributed by atoms with Gasteiger partial charge in [-0.1, -0.05) is 0 Å². The fourth-order valence-electron chi connectivity index (χ4n) is 0. The van der Waals surface area contributed by atoms with Crippen LogP contribution < -0.4 is 0 Å². The second-order valence-corrected chi connectivity index (χ2v) is 2.09. The molecule has 7 heavy (non-hydrogen) atoms. The SMILES string of the molecule is [NaH].[NaH].[O]=[Ru](=[O])(=[O])=[O]. The van der Waals surface area contributed by atoms with Gasteiger partial charge in [-0.25, -0.2) is 0 Å². The first-order chi connectivity index (χ1) is 2.00. The van der Waals surface area contributed by atoms with Gasteiger partial charge in [0.05, 0.1) is 0 Å². The third kappa shape index (κ3) is 79.8. The van der Waals surface area contributed by atoms with Crippen LogP contribution in [0.4, 0.5) is 0 Å². The van der Waals surface area contributed by atoms with Crippen LogP contribution in [0.1, 0.15) is 0 Å². The summed E-state index contributed by atoms with van der Waals surface area (Å²) in [6.07, 6.45) is 0. The van der Waals surface area contributed by atoms with Crippen molar-refractivity contribution in [3.05, 3.63) is 0 Å². The standard InChI is InChI=1S/2Na.4O.Ru.2H. The Morgan fingerprint density at radius 1 is 0.714 bits per heavy atom. The monoisotopic (exact) mass is 214 g/mol. The Kier molecular flexibility index (Phi) is 13.5. The molecule has 0 radical (unpaired) electrons. The molecule has 0 unspecified atom stereocenters. The van der Waals surface area contributed by atoms with E-state index in [0.717, 1.165) is 0 Å². The van der Waals surface area contributed by atoms with E-state index in [1.165, 1.54) is 0 Å². The molecule has 0 aromatic carbocycles. The first-order valence-corrected chi connectivity index (χ1v) is 3.42. The molecule has 0 amide bonds. The minimum atomic E-state index is -5.86. The molecule has 0 aliphatic rings. The van der Waals surface area contributed by atoms with Crippen molar-refractivity contribution in [2.45, 2.75) is 0 Å². The Bertz CT molecular complexity index is 161. The normalized spacial score (nSPS) is 8.00. The van der Waals surface area contributed by atoms with Gasteiger partial charge in [0.15, 0.2) is 0 Å². The molecule has 0 aromatic rings. The van der Waals surface area contributed by atoms with E-state index in [4.69, 9.17) is 14.3 Å². The summed E-state index contributed by atoms with van der Waals surface area (Å²) < 4.78 is 34.4. The van der Waals surface area contributed by atoms with Crippen molar-refractivity contribution in [2.75, 3.05) is 0 Å². The zero-order valence-electron chi connectivity index (χ0n) is 1.99. The number of rotatable bonds is 0. The molecule has 0 spiro atoms. The van der Waals surface area contributed by atoms with Crippen LogP contribution in [0, 0.1) is 0 Å². The molecule has 0 bridgehead atoms. The van der Waals surface area contributed by atoms with E-state index >= 15 is 0 Å². The van der Waals surface area contributed by atoms with E-state index in [1.54, 1.807) is 0 Å². The molecular formula is H2Na2O4Ru. The summed E-state index contributed by atoms with van der Waals surface area (Å²) in [5.41, 5.74) is 0. The third-order valence-corrected chi connectivity index (χ3v) is 0. The first-order valence-electron chi connectivity index (χ1n) is 0.577. The van der Waals surface area contributed by atoms with E-state index in [9.17, 15) is 0 Å².